The Morgan fingerprint density at radius 1 is 1.00 bits per heavy atom. The second-order valence-corrected chi connectivity index (χ2v) is 6.53. The van der Waals surface area contributed by atoms with Crippen LogP contribution in [0.25, 0.3) is 0 Å². The van der Waals surface area contributed by atoms with Gasteiger partial charge in [-0.05, 0) is 75.7 Å². The van der Waals surface area contributed by atoms with Gasteiger partial charge in [0.1, 0.15) is 0 Å². The molecule has 0 aliphatic carbocycles. The molecule has 1 amide bonds. The Bertz CT molecular complexity index is 781. The Hall–Kier alpha value is -2.82. The molecule has 0 spiro atoms. The van der Waals surface area contributed by atoms with Crippen molar-refractivity contribution < 1.29 is 9.59 Å². The number of amides is 1. The lowest BCUT2D eigenvalue weighted by Crippen LogP contribution is -2.22. The van der Waals surface area contributed by atoms with Gasteiger partial charge in [-0.1, -0.05) is 0 Å². The molecule has 2 aromatic carbocycles. The van der Waals surface area contributed by atoms with Crippen LogP contribution >= 0.6 is 0 Å². The van der Waals surface area contributed by atoms with E-state index in [4.69, 9.17) is 0 Å². The van der Waals surface area contributed by atoms with Crippen LogP contribution in [-0.2, 0) is 4.79 Å². The predicted molar refractivity (Wildman–Crippen MR) is 113 cm³/mol. The second kappa shape index (κ2) is 9.76. The van der Waals surface area contributed by atoms with E-state index in [1.807, 2.05) is 0 Å². The van der Waals surface area contributed by atoms with E-state index in [9.17, 15) is 9.59 Å². The smallest absolute Gasteiger partial charge is 0.226 e. The molecule has 5 nitrogen and oxygen atoms in total. The number of anilines is 3. The minimum Gasteiger partial charge on any atom is -0.384 e. The second-order valence-electron chi connectivity index (χ2n) is 6.53. The normalized spacial score (nSPS) is 10.4. The number of rotatable bonds is 9. The summed E-state index contributed by atoms with van der Waals surface area (Å²) in [5.41, 5.74) is 4.77. The first-order valence-corrected chi connectivity index (χ1v) is 9.45. The maximum atomic E-state index is 12.1. The fraction of sp³-hybridized carbons (Fsp3) is 0.364. The van der Waals surface area contributed by atoms with Crippen molar-refractivity contribution in [2.24, 2.45) is 0 Å². The summed E-state index contributed by atoms with van der Waals surface area (Å²) in [6.45, 7) is 10.4. The van der Waals surface area contributed by atoms with Gasteiger partial charge in [0, 0.05) is 48.7 Å². The van der Waals surface area contributed by atoms with E-state index in [1.165, 1.54) is 18.2 Å². The first-order chi connectivity index (χ1) is 12.9. The fourth-order valence-corrected chi connectivity index (χ4v) is 2.95. The van der Waals surface area contributed by atoms with Crippen LogP contribution in [0.1, 0.15) is 43.1 Å². The van der Waals surface area contributed by atoms with Gasteiger partial charge >= 0.3 is 0 Å². The SMILES string of the molecule is CCN(CC)c1ccc(NCCC(=O)Nc2ccc(C(C)=O)cc2)c(C)c1. The lowest BCUT2D eigenvalue weighted by molar-refractivity contribution is -0.115. The van der Waals surface area contributed by atoms with Crippen LogP contribution in [0.15, 0.2) is 42.5 Å². The van der Waals surface area contributed by atoms with Gasteiger partial charge in [-0.15, -0.1) is 0 Å². The number of benzene rings is 2. The number of nitrogens with one attached hydrogen (secondary N) is 2. The van der Waals surface area contributed by atoms with Gasteiger partial charge < -0.3 is 15.5 Å². The monoisotopic (exact) mass is 367 g/mol. The minimum absolute atomic E-state index is 0.0134. The van der Waals surface area contributed by atoms with Gasteiger partial charge in [0.05, 0.1) is 0 Å². The summed E-state index contributed by atoms with van der Waals surface area (Å²) in [4.78, 5) is 25.7. The Morgan fingerprint density at radius 3 is 2.22 bits per heavy atom. The molecule has 0 radical (unpaired) electrons. The molecule has 0 fully saturated rings. The molecule has 0 atom stereocenters. The van der Waals surface area contributed by atoms with Crippen LogP contribution in [0.5, 0.6) is 0 Å². The molecule has 2 aromatic rings. The first kappa shape index (κ1) is 20.5. The molecule has 2 rings (SSSR count). The highest BCUT2D eigenvalue weighted by Gasteiger charge is 2.07. The summed E-state index contributed by atoms with van der Waals surface area (Å²) in [6, 6.07) is 13.3. The van der Waals surface area contributed by atoms with Crippen molar-refractivity contribution in [3.8, 4) is 0 Å². The van der Waals surface area contributed by atoms with Crippen molar-refractivity contribution in [1.82, 2.24) is 0 Å². The third-order valence-electron chi connectivity index (χ3n) is 4.58. The molecule has 0 unspecified atom stereocenters. The quantitative estimate of drug-likeness (QED) is 0.641. The van der Waals surface area contributed by atoms with E-state index in [1.54, 1.807) is 24.3 Å². The van der Waals surface area contributed by atoms with Crippen molar-refractivity contribution in [3.63, 3.8) is 0 Å². The zero-order valence-corrected chi connectivity index (χ0v) is 16.6. The van der Waals surface area contributed by atoms with Gasteiger partial charge in [0.25, 0.3) is 0 Å². The number of carbonyl (C=O) groups excluding carboxylic acids is 2. The van der Waals surface area contributed by atoms with Crippen LogP contribution in [0.2, 0.25) is 0 Å². The molecular formula is C22H29N3O2. The Labute approximate surface area is 161 Å². The summed E-state index contributed by atoms with van der Waals surface area (Å²) in [7, 11) is 0. The molecule has 0 aliphatic heterocycles. The maximum Gasteiger partial charge on any atom is 0.226 e. The predicted octanol–water partition coefficient (Wildman–Crippen LogP) is 4.48. The van der Waals surface area contributed by atoms with E-state index < -0.39 is 0 Å². The number of carbonyl (C=O) groups is 2. The highest BCUT2D eigenvalue weighted by Crippen LogP contribution is 2.22. The highest BCUT2D eigenvalue weighted by molar-refractivity contribution is 5.95. The number of nitrogens with zero attached hydrogens (tertiary/aromatic N) is 1. The highest BCUT2D eigenvalue weighted by atomic mass is 16.1. The molecule has 0 bridgehead atoms. The minimum atomic E-state index is -0.0597. The molecule has 2 N–H and O–H groups in total. The molecule has 144 valence electrons. The van der Waals surface area contributed by atoms with Crippen molar-refractivity contribution >= 4 is 28.8 Å². The van der Waals surface area contributed by atoms with Crippen molar-refractivity contribution in [3.05, 3.63) is 53.6 Å². The third kappa shape index (κ3) is 5.84. The van der Waals surface area contributed by atoms with Crippen LogP contribution < -0.4 is 15.5 Å². The summed E-state index contributed by atoms with van der Waals surface area (Å²) in [6.07, 6.45) is 0.367. The molecular weight excluding hydrogens is 338 g/mol. The largest absolute Gasteiger partial charge is 0.384 e. The molecule has 27 heavy (non-hydrogen) atoms. The summed E-state index contributed by atoms with van der Waals surface area (Å²) in [5.74, 6) is -0.0463. The van der Waals surface area contributed by atoms with E-state index in [2.05, 4.69) is 54.5 Å². The molecule has 0 heterocycles. The average molecular weight is 367 g/mol. The molecule has 0 aromatic heterocycles. The molecule has 5 heteroatoms. The third-order valence-corrected chi connectivity index (χ3v) is 4.58. The first-order valence-electron chi connectivity index (χ1n) is 9.45. The number of hydrogen-bond donors (Lipinski definition) is 2. The summed E-state index contributed by atoms with van der Waals surface area (Å²) >= 11 is 0. The molecule has 0 saturated carbocycles. The van der Waals surface area contributed by atoms with E-state index in [0.29, 0.717) is 24.2 Å². The number of ketones is 1. The maximum absolute atomic E-state index is 12.1. The number of hydrogen-bond acceptors (Lipinski definition) is 4. The number of Topliss-reactive ketones (excluding diaryl/α,β-unsaturated/α-hetero) is 1. The van der Waals surface area contributed by atoms with Crippen LogP contribution in [-0.4, -0.2) is 31.3 Å². The average Bonchev–Trinajstić information content (AvgIpc) is 2.65. The van der Waals surface area contributed by atoms with Gasteiger partial charge in [0.2, 0.25) is 5.91 Å². The van der Waals surface area contributed by atoms with Crippen molar-refractivity contribution in [1.29, 1.82) is 0 Å². The Morgan fingerprint density at radius 2 is 1.67 bits per heavy atom. The van der Waals surface area contributed by atoms with Crippen molar-refractivity contribution in [2.45, 2.75) is 34.1 Å². The standard InChI is InChI=1S/C22H29N3O2/c1-5-25(6-2)20-11-12-21(16(3)15-20)23-14-13-22(27)24-19-9-7-18(8-10-19)17(4)26/h7-12,15,23H,5-6,13-14H2,1-4H3,(H,24,27). The zero-order valence-electron chi connectivity index (χ0n) is 16.6. The summed E-state index contributed by atoms with van der Waals surface area (Å²) < 4.78 is 0. The summed E-state index contributed by atoms with van der Waals surface area (Å²) in [5, 5.41) is 6.18. The Kier molecular flexibility index (Phi) is 7.41. The van der Waals surface area contributed by atoms with Gasteiger partial charge in [-0.3, -0.25) is 9.59 Å². The van der Waals surface area contributed by atoms with Gasteiger partial charge in [-0.2, -0.15) is 0 Å². The fourth-order valence-electron chi connectivity index (χ4n) is 2.95. The lowest BCUT2D eigenvalue weighted by atomic mass is 10.1. The van der Waals surface area contributed by atoms with Crippen LogP contribution in [0, 0.1) is 6.92 Å². The molecule has 0 saturated heterocycles. The van der Waals surface area contributed by atoms with Gasteiger partial charge in [0.15, 0.2) is 5.78 Å². The Balaban J connectivity index is 1.84. The van der Waals surface area contributed by atoms with E-state index in [0.717, 1.165) is 18.8 Å². The lowest BCUT2D eigenvalue weighted by Gasteiger charge is -2.22. The van der Waals surface area contributed by atoms with E-state index >= 15 is 0 Å². The van der Waals surface area contributed by atoms with E-state index in [-0.39, 0.29) is 11.7 Å². The number of aryl methyl sites for hydroxylation is 1. The topological polar surface area (TPSA) is 61.4 Å². The van der Waals surface area contributed by atoms with Crippen molar-refractivity contribution in [2.75, 3.05) is 35.2 Å². The van der Waals surface area contributed by atoms with Crippen LogP contribution in [0.4, 0.5) is 17.1 Å². The van der Waals surface area contributed by atoms with Crippen LogP contribution in [0.3, 0.4) is 0 Å². The zero-order chi connectivity index (χ0) is 19.8. The van der Waals surface area contributed by atoms with Gasteiger partial charge in [-0.25, -0.2) is 0 Å². The molecule has 0 aliphatic rings.